The van der Waals surface area contributed by atoms with Gasteiger partial charge in [0.05, 0.1) is 25.4 Å². The maximum atomic E-state index is 12.5. The molecule has 410 valence electrons. The fourth-order valence-electron chi connectivity index (χ4n) is 9.29. The number of carbonyl (C=O) groups excluding carboxylic acids is 2. The van der Waals surface area contributed by atoms with Crippen LogP contribution in [0.3, 0.4) is 0 Å². The number of hydrogen-bond donors (Lipinski definition) is 3. The van der Waals surface area contributed by atoms with E-state index < -0.39 is 12.1 Å². The quantitative estimate of drug-likeness (QED) is 0.0321. The molecule has 0 heterocycles. The summed E-state index contributed by atoms with van der Waals surface area (Å²) < 4.78 is 5.46. The monoisotopic (exact) mass is 982 g/mol. The van der Waals surface area contributed by atoms with E-state index in [0.29, 0.717) is 19.4 Å². The molecule has 0 saturated carbocycles. The average molecular weight is 983 g/mol. The molecule has 3 N–H and O–H groups in total. The molecule has 2 atom stereocenters. The Morgan fingerprint density at radius 1 is 0.400 bits per heavy atom. The van der Waals surface area contributed by atoms with Gasteiger partial charge in [0.1, 0.15) is 0 Å². The van der Waals surface area contributed by atoms with E-state index in [4.69, 9.17) is 4.74 Å². The largest absolute Gasteiger partial charge is 0.466 e. The van der Waals surface area contributed by atoms with Gasteiger partial charge in [0.25, 0.3) is 0 Å². The Morgan fingerprint density at radius 2 is 0.729 bits per heavy atom. The molecule has 1 amide bonds. The fourth-order valence-corrected chi connectivity index (χ4v) is 9.29. The van der Waals surface area contributed by atoms with E-state index in [1.807, 2.05) is 6.08 Å². The van der Waals surface area contributed by atoms with E-state index in [0.717, 1.165) is 64.2 Å². The van der Waals surface area contributed by atoms with Crippen LogP contribution in [-0.2, 0) is 14.3 Å². The van der Waals surface area contributed by atoms with Gasteiger partial charge in [-0.25, -0.2) is 0 Å². The summed E-state index contributed by atoms with van der Waals surface area (Å²) in [5.41, 5.74) is 0. The predicted octanol–water partition coefficient (Wildman–Crippen LogP) is 19.4. The number of ether oxygens (including phenoxy) is 1. The lowest BCUT2D eigenvalue weighted by Gasteiger charge is -2.20. The highest BCUT2D eigenvalue weighted by molar-refractivity contribution is 5.76. The minimum absolute atomic E-state index is 0.0175. The van der Waals surface area contributed by atoms with Crippen LogP contribution in [-0.4, -0.2) is 47.4 Å². The lowest BCUT2D eigenvalue weighted by molar-refractivity contribution is -0.143. The number of allylic oxidation sites excluding steroid dienone is 7. The van der Waals surface area contributed by atoms with E-state index in [1.165, 1.54) is 231 Å². The molecule has 0 saturated heterocycles. The number of aliphatic hydroxyl groups excluding tert-OH is 2. The Balaban J connectivity index is 3.50. The van der Waals surface area contributed by atoms with Crippen LogP contribution >= 0.6 is 0 Å². The molecule has 0 aliphatic heterocycles. The minimum Gasteiger partial charge on any atom is -0.466 e. The standard InChI is InChI=1S/C64H119NO5/c1-3-5-7-9-11-13-15-17-19-20-21-22-23-24-26-29-32-36-40-44-48-52-56-62(67)61(60-66)65-63(68)57-53-49-45-41-37-33-30-27-25-28-31-35-39-43-47-51-55-59-70-64(69)58-54-50-46-42-38-34-18-16-14-12-10-8-6-4-2/h10,12,16,18,25,28,52,56,61-62,66-67H,3-9,11,13-15,17,19-24,26-27,29-51,53-55,57-60H2,1-2H3,(H,65,68)/b12-10-,18-16-,28-25-,56-52+. The van der Waals surface area contributed by atoms with Crippen molar-refractivity contribution in [2.45, 2.75) is 334 Å². The second kappa shape index (κ2) is 59.4. The van der Waals surface area contributed by atoms with Crippen LogP contribution in [0.25, 0.3) is 0 Å². The van der Waals surface area contributed by atoms with Crippen LogP contribution in [0.1, 0.15) is 322 Å². The van der Waals surface area contributed by atoms with E-state index in [1.54, 1.807) is 6.08 Å². The van der Waals surface area contributed by atoms with E-state index in [2.05, 4.69) is 55.6 Å². The first-order valence-electron chi connectivity index (χ1n) is 30.9. The molecule has 0 aromatic rings. The summed E-state index contributed by atoms with van der Waals surface area (Å²) in [6, 6.07) is -0.639. The zero-order valence-corrected chi connectivity index (χ0v) is 46.7. The van der Waals surface area contributed by atoms with E-state index >= 15 is 0 Å². The summed E-state index contributed by atoms with van der Waals surface area (Å²) >= 11 is 0. The summed E-state index contributed by atoms with van der Waals surface area (Å²) in [6.45, 7) is 4.85. The Hall–Kier alpha value is -2.18. The summed E-state index contributed by atoms with van der Waals surface area (Å²) in [5.74, 6) is -0.0960. The number of rotatable bonds is 57. The number of aliphatic hydroxyl groups is 2. The molecule has 0 rings (SSSR count). The highest BCUT2D eigenvalue weighted by Crippen LogP contribution is 2.17. The number of esters is 1. The Labute approximate surface area is 436 Å². The van der Waals surface area contributed by atoms with Gasteiger partial charge in [0, 0.05) is 12.8 Å². The van der Waals surface area contributed by atoms with E-state index in [9.17, 15) is 19.8 Å². The first kappa shape index (κ1) is 67.8. The van der Waals surface area contributed by atoms with Crippen molar-refractivity contribution < 1.29 is 24.5 Å². The first-order chi connectivity index (χ1) is 34.5. The zero-order valence-electron chi connectivity index (χ0n) is 46.7. The molecule has 0 spiro atoms. The van der Waals surface area contributed by atoms with Gasteiger partial charge in [-0.3, -0.25) is 9.59 Å². The predicted molar refractivity (Wildman–Crippen MR) is 306 cm³/mol. The fraction of sp³-hybridized carbons (Fsp3) is 0.844. The van der Waals surface area contributed by atoms with Crippen molar-refractivity contribution in [3.63, 3.8) is 0 Å². The molecular weight excluding hydrogens is 863 g/mol. The zero-order chi connectivity index (χ0) is 50.7. The normalized spacial score (nSPS) is 12.9. The van der Waals surface area contributed by atoms with Crippen molar-refractivity contribution >= 4 is 11.9 Å². The van der Waals surface area contributed by atoms with Gasteiger partial charge in [-0.05, 0) is 83.5 Å². The van der Waals surface area contributed by atoms with Crippen molar-refractivity contribution in [2.75, 3.05) is 13.2 Å². The second-order valence-corrected chi connectivity index (χ2v) is 21.0. The van der Waals surface area contributed by atoms with Crippen LogP contribution in [0, 0.1) is 0 Å². The SMILES string of the molecule is CCCC/C=C\C/C=C\CCCCCCCC(=O)OCCCCCCCC/C=C\CCCCCCCCCC(=O)NC(CO)C(O)/C=C/CCCCCCCCCCCCCCCCCCCCCC. The van der Waals surface area contributed by atoms with Crippen molar-refractivity contribution in [2.24, 2.45) is 0 Å². The summed E-state index contributed by atoms with van der Waals surface area (Å²) in [7, 11) is 0. The van der Waals surface area contributed by atoms with Gasteiger partial charge in [-0.2, -0.15) is 0 Å². The molecule has 0 aromatic heterocycles. The van der Waals surface area contributed by atoms with Crippen molar-refractivity contribution in [3.8, 4) is 0 Å². The Morgan fingerprint density at radius 3 is 1.14 bits per heavy atom. The average Bonchev–Trinajstić information content (AvgIpc) is 3.36. The molecule has 0 radical (unpaired) electrons. The molecular formula is C64H119NO5. The summed E-state index contributed by atoms with van der Waals surface area (Å²) in [5, 5.41) is 23.2. The maximum absolute atomic E-state index is 12.5. The van der Waals surface area contributed by atoms with Gasteiger partial charge >= 0.3 is 5.97 Å². The minimum atomic E-state index is -0.855. The van der Waals surface area contributed by atoms with Crippen LogP contribution < -0.4 is 5.32 Å². The third kappa shape index (κ3) is 55.1. The summed E-state index contributed by atoms with van der Waals surface area (Å²) in [4.78, 5) is 24.5. The van der Waals surface area contributed by atoms with Crippen LogP contribution in [0.5, 0.6) is 0 Å². The lowest BCUT2D eigenvalue weighted by atomic mass is 10.0. The summed E-state index contributed by atoms with van der Waals surface area (Å²) in [6.07, 6.45) is 75.7. The molecule has 2 unspecified atom stereocenters. The molecule has 0 aromatic carbocycles. The highest BCUT2D eigenvalue weighted by atomic mass is 16.5. The van der Waals surface area contributed by atoms with Gasteiger partial charge < -0.3 is 20.3 Å². The third-order valence-corrected chi connectivity index (χ3v) is 14.1. The van der Waals surface area contributed by atoms with Gasteiger partial charge in [0.15, 0.2) is 0 Å². The molecule has 6 heteroatoms. The molecule has 0 bridgehead atoms. The van der Waals surface area contributed by atoms with Crippen molar-refractivity contribution in [1.29, 1.82) is 0 Å². The Bertz CT molecular complexity index is 1180. The lowest BCUT2D eigenvalue weighted by Crippen LogP contribution is -2.45. The molecule has 70 heavy (non-hydrogen) atoms. The van der Waals surface area contributed by atoms with Gasteiger partial charge in [0.2, 0.25) is 5.91 Å². The van der Waals surface area contributed by atoms with Crippen molar-refractivity contribution in [3.05, 3.63) is 48.6 Å². The van der Waals surface area contributed by atoms with Gasteiger partial charge in [-0.1, -0.05) is 274 Å². The number of nitrogens with one attached hydrogen (secondary N) is 1. The topological polar surface area (TPSA) is 95.9 Å². The number of hydrogen-bond acceptors (Lipinski definition) is 5. The molecule has 6 nitrogen and oxygen atoms in total. The van der Waals surface area contributed by atoms with E-state index in [-0.39, 0.29) is 18.5 Å². The van der Waals surface area contributed by atoms with Crippen LogP contribution in [0.4, 0.5) is 0 Å². The third-order valence-electron chi connectivity index (χ3n) is 14.1. The smallest absolute Gasteiger partial charge is 0.305 e. The first-order valence-corrected chi connectivity index (χ1v) is 30.9. The maximum Gasteiger partial charge on any atom is 0.305 e. The number of amides is 1. The van der Waals surface area contributed by atoms with Crippen molar-refractivity contribution in [1.82, 2.24) is 5.32 Å². The van der Waals surface area contributed by atoms with Crippen LogP contribution in [0.2, 0.25) is 0 Å². The Kier molecular flexibility index (Phi) is 57.5. The number of carbonyl (C=O) groups is 2. The molecule has 0 aliphatic rings. The number of unbranched alkanes of at least 4 members (excludes halogenated alkanes) is 40. The second-order valence-electron chi connectivity index (χ2n) is 21.0. The molecule has 0 fully saturated rings. The highest BCUT2D eigenvalue weighted by Gasteiger charge is 2.18. The van der Waals surface area contributed by atoms with Gasteiger partial charge in [-0.15, -0.1) is 0 Å². The molecule has 0 aliphatic carbocycles. The van der Waals surface area contributed by atoms with Crippen LogP contribution in [0.15, 0.2) is 48.6 Å².